The Balaban J connectivity index is 2.27. The van der Waals surface area contributed by atoms with Gasteiger partial charge in [0, 0.05) is 17.4 Å². The van der Waals surface area contributed by atoms with Crippen molar-refractivity contribution in [3.8, 4) is 0 Å². The Morgan fingerprint density at radius 1 is 1.41 bits per heavy atom. The second-order valence-electron chi connectivity index (χ2n) is 4.72. The van der Waals surface area contributed by atoms with E-state index >= 15 is 0 Å². The minimum atomic E-state index is -0.665. The molecule has 1 heterocycles. The van der Waals surface area contributed by atoms with E-state index in [1.807, 2.05) is 6.92 Å². The summed E-state index contributed by atoms with van der Waals surface area (Å²) in [6.07, 6.45) is 4.82. The third-order valence-electron chi connectivity index (χ3n) is 3.16. The second-order valence-corrected chi connectivity index (χ2v) is 6.22. The lowest BCUT2D eigenvalue weighted by Crippen LogP contribution is -2.24. The predicted octanol–water partition coefficient (Wildman–Crippen LogP) is 4.27. The molecule has 2 rings (SSSR count). The van der Waals surface area contributed by atoms with Gasteiger partial charge in [-0.2, -0.15) is 12.6 Å². The topological polar surface area (TPSA) is 44.1 Å². The van der Waals surface area contributed by atoms with E-state index < -0.39 is 22.8 Å². The van der Waals surface area contributed by atoms with Crippen LogP contribution < -0.4 is 0 Å². The molecule has 2 aromatic rings. The van der Waals surface area contributed by atoms with Crippen molar-refractivity contribution in [1.29, 1.82) is 0 Å². The molecule has 0 saturated carbocycles. The Hall–Kier alpha value is -1.17. The maximum atomic E-state index is 12.1. The van der Waals surface area contributed by atoms with Crippen LogP contribution in [0.3, 0.4) is 0 Å². The molecule has 0 fully saturated rings. The molecule has 0 radical (unpaired) electrons. The molecule has 0 saturated heterocycles. The molecule has 3 atom stereocenters. The highest BCUT2D eigenvalue weighted by atomic mass is 35.5. The van der Waals surface area contributed by atoms with Gasteiger partial charge in [-0.05, 0) is 24.1 Å². The number of hydrogen-bond acceptors (Lipinski definition) is 4. The number of alkyl halides is 1. The lowest BCUT2D eigenvalue weighted by Gasteiger charge is -2.25. The quantitative estimate of drug-likeness (QED) is 0.476. The molecule has 22 heavy (non-hydrogen) atoms. The molecule has 0 amide bonds. The number of thiol groups is 1. The van der Waals surface area contributed by atoms with Crippen molar-refractivity contribution in [2.75, 3.05) is 0 Å². The summed E-state index contributed by atoms with van der Waals surface area (Å²) >= 11 is 16.6. The average Bonchev–Trinajstić information content (AvgIpc) is 3.06. The van der Waals surface area contributed by atoms with Crippen molar-refractivity contribution >= 4 is 41.8 Å². The number of hydrogen-bond donors (Lipinski definition) is 1. The van der Waals surface area contributed by atoms with Crippen LogP contribution in [-0.4, -0.2) is 20.8 Å². The third kappa shape index (κ3) is 4.18. The summed E-state index contributed by atoms with van der Waals surface area (Å²) in [5.41, 5.74) is 0.133. The van der Waals surface area contributed by atoms with Gasteiger partial charge in [0.2, 0.25) is 0 Å². The van der Waals surface area contributed by atoms with Crippen LogP contribution in [0.1, 0.15) is 30.5 Å². The Morgan fingerprint density at radius 3 is 2.64 bits per heavy atom. The lowest BCUT2D eigenvalue weighted by molar-refractivity contribution is -0.149. The maximum Gasteiger partial charge on any atom is 0.319 e. The molecule has 7 heteroatoms. The molecule has 1 aromatic heterocycles. The average molecular weight is 359 g/mol. The first kappa shape index (κ1) is 17.2. The summed E-state index contributed by atoms with van der Waals surface area (Å²) in [4.78, 5) is 16.1. The minimum Gasteiger partial charge on any atom is -0.453 e. The number of ether oxygens (including phenoxy) is 1. The molecule has 0 aliphatic heterocycles. The summed E-state index contributed by atoms with van der Waals surface area (Å²) in [6, 6.07) is 7.03. The van der Waals surface area contributed by atoms with Crippen molar-refractivity contribution in [1.82, 2.24) is 9.55 Å². The molecule has 0 spiro atoms. The van der Waals surface area contributed by atoms with E-state index in [0.29, 0.717) is 11.4 Å². The van der Waals surface area contributed by atoms with Gasteiger partial charge in [-0.25, -0.2) is 4.98 Å². The molecule has 0 aliphatic carbocycles. The molecular formula is C15H16Cl2N2O2S. The number of nitrogens with zero attached hydrogens (tertiary/aromatic N) is 2. The fourth-order valence-electron chi connectivity index (χ4n) is 1.88. The zero-order valence-electron chi connectivity index (χ0n) is 11.9. The first-order chi connectivity index (χ1) is 10.5. The first-order valence-electron chi connectivity index (χ1n) is 6.78. The maximum absolute atomic E-state index is 12.1. The van der Waals surface area contributed by atoms with Crippen molar-refractivity contribution in [3.63, 3.8) is 0 Å². The van der Waals surface area contributed by atoms with Crippen LogP contribution in [-0.2, 0) is 9.53 Å². The van der Waals surface area contributed by atoms with E-state index in [4.69, 9.17) is 27.9 Å². The number of carbonyl (C=O) groups is 1. The normalized spacial score (nSPS) is 15.1. The molecule has 0 bridgehead atoms. The molecule has 4 nitrogen and oxygen atoms in total. The fraction of sp³-hybridized carbons (Fsp3) is 0.333. The van der Waals surface area contributed by atoms with Crippen molar-refractivity contribution in [2.45, 2.75) is 30.2 Å². The van der Waals surface area contributed by atoms with E-state index in [1.165, 1.54) is 0 Å². The molecule has 3 unspecified atom stereocenters. The van der Waals surface area contributed by atoms with Crippen LogP contribution in [0.5, 0.6) is 0 Å². The van der Waals surface area contributed by atoms with Gasteiger partial charge in [0.1, 0.15) is 5.50 Å². The molecule has 0 N–H and O–H groups in total. The summed E-state index contributed by atoms with van der Waals surface area (Å²) in [6.45, 7) is 1.87. The smallest absolute Gasteiger partial charge is 0.319 e. The monoisotopic (exact) mass is 358 g/mol. The highest BCUT2D eigenvalue weighted by Crippen LogP contribution is 2.34. The van der Waals surface area contributed by atoms with Gasteiger partial charge in [-0.1, -0.05) is 42.3 Å². The number of esters is 1. The van der Waals surface area contributed by atoms with Gasteiger partial charge in [0.25, 0.3) is 0 Å². The predicted molar refractivity (Wildman–Crippen MR) is 90.5 cm³/mol. The van der Waals surface area contributed by atoms with Gasteiger partial charge in [0.05, 0.1) is 11.6 Å². The second kappa shape index (κ2) is 7.90. The number of aromatic nitrogens is 2. The van der Waals surface area contributed by atoms with Crippen LogP contribution in [0.15, 0.2) is 43.0 Å². The highest BCUT2D eigenvalue weighted by Gasteiger charge is 2.28. The van der Waals surface area contributed by atoms with Gasteiger partial charge in [-0.15, -0.1) is 0 Å². The highest BCUT2D eigenvalue weighted by molar-refractivity contribution is 7.81. The van der Waals surface area contributed by atoms with Crippen LogP contribution in [0.4, 0.5) is 0 Å². The summed E-state index contributed by atoms with van der Waals surface area (Å²) in [5, 5.41) is 0.115. The zero-order chi connectivity index (χ0) is 16.1. The number of halogens is 2. The SMILES string of the molecule is CCC(S)C(=O)OC(c1ccc(Cl)cc1)C(Cl)n1ccnc1. The Kier molecular flexibility index (Phi) is 6.17. The first-order valence-corrected chi connectivity index (χ1v) is 8.11. The minimum absolute atomic E-state index is 0.406. The summed E-state index contributed by atoms with van der Waals surface area (Å²) in [7, 11) is 0. The molecule has 0 aliphatic rings. The number of imidazole rings is 1. The Bertz CT molecular complexity index is 605. The van der Waals surface area contributed by atoms with E-state index in [0.717, 1.165) is 5.56 Å². The van der Waals surface area contributed by atoms with Gasteiger partial charge < -0.3 is 9.30 Å². The van der Waals surface area contributed by atoms with Crippen molar-refractivity contribution in [3.05, 3.63) is 53.6 Å². The van der Waals surface area contributed by atoms with Gasteiger partial charge in [0.15, 0.2) is 6.10 Å². The fourth-order valence-corrected chi connectivity index (χ4v) is 2.38. The van der Waals surface area contributed by atoms with Gasteiger partial charge in [-0.3, -0.25) is 4.79 Å². The van der Waals surface area contributed by atoms with Crippen LogP contribution >= 0.6 is 35.8 Å². The number of rotatable bonds is 6. The van der Waals surface area contributed by atoms with E-state index in [2.05, 4.69) is 17.6 Å². The molecular weight excluding hydrogens is 343 g/mol. The van der Waals surface area contributed by atoms with Gasteiger partial charge >= 0.3 is 5.97 Å². The van der Waals surface area contributed by atoms with Crippen LogP contribution in [0.2, 0.25) is 5.02 Å². The zero-order valence-corrected chi connectivity index (χ0v) is 14.3. The molecule has 1 aromatic carbocycles. The van der Waals surface area contributed by atoms with Crippen molar-refractivity contribution in [2.24, 2.45) is 0 Å². The van der Waals surface area contributed by atoms with Crippen LogP contribution in [0.25, 0.3) is 0 Å². The standard InChI is InChI=1S/C15H16Cl2N2O2S/c1-2-12(22)15(20)21-13(10-3-5-11(16)6-4-10)14(17)19-8-7-18-9-19/h3-9,12-14,22H,2H2,1H3. The van der Waals surface area contributed by atoms with E-state index in [1.54, 1.807) is 47.6 Å². The van der Waals surface area contributed by atoms with Crippen molar-refractivity contribution < 1.29 is 9.53 Å². The largest absolute Gasteiger partial charge is 0.453 e. The Morgan fingerprint density at radius 2 is 2.09 bits per heavy atom. The third-order valence-corrected chi connectivity index (χ3v) is 4.44. The number of carbonyl (C=O) groups excluding carboxylic acids is 1. The van der Waals surface area contributed by atoms with E-state index in [9.17, 15) is 4.79 Å². The Labute approximate surface area is 144 Å². The van der Waals surface area contributed by atoms with Crippen LogP contribution in [0, 0.1) is 0 Å². The van der Waals surface area contributed by atoms with E-state index in [-0.39, 0.29) is 0 Å². The lowest BCUT2D eigenvalue weighted by atomic mass is 10.1. The summed E-state index contributed by atoms with van der Waals surface area (Å²) in [5.74, 6) is -0.406. The summed E-state index contributed by atoms with van der Waals surface area (Å²) < 4.78 is 7.25. The molecule has 118 valence electrons. The number of benzene rings is 1.